The van der Waals surface area contributed by atoms with E-state index in [1.807, 2.05) is 32.0 Å². The van der Waals surface area contributed by atoms with Crippen molar-refractivity contribution in [1.29, 1.82) is 0 Å². The smallest absolute Gasteiger partial charge is 0.322 e. The van der Waals surface area contributed by atoms with E-state index in [4.69, 9.17) is 0 Å². The van der Waals surface area contributed by atoms with Gasteiger partial charge in [-0.05, 0) is 66.9 Å². The van der Waals surface area contributed by atoms with Crippen LogP contribution >= 0.6 is 11.8 Å². The van der Waals surface area contributed by atoms with E-state index in [1.165, 1.54) is 17.8 Å². The lowest BCUT2D eigenvalue weighted by Crippen LogP contribution is -2.28. The maximum absolute atomic E-state index is 13.2. The number of anilines is 2. The molecule has 194 valence electrons. The first-order valence-electron chi connectivity index (χ1n) is 11.0. The highest BCUT2D eigenvalue weighted by Gasteiger charge is 2.38. The molecule has 1 fully saturated rings. The number of nitrogens with zero attached hydrogens (tertiary/aromatic N) is 1. The Morgan fingerprint density at radius 2 is 1.57 bits per heavy atom. The van der Waals surface area contributed by atoms with Crippen LogP contribution in [0.3, 0.4) is 0 Å². The zero-order valence-corrected chi connectivity index (χ0v) is 20.3. The Morgan fingerprint density at radius 1 is 0.919 bits per heavy atom. The number of rotatable bonds is 4. The molecule has 3 aromatic carbocycles. The van der Waals surface area contributed by atoms with Crippen LogP contribution in [0.25, 0.3) is 0 Å². The summed E-state index contributed by atoms with van der Waals surface area (Å²) in [6, 6.07) is 12.8. The van der Waals surface area contributed by atoms with Gasteiger partial charge in [0, 0.05) is 16.9 Å². The molecule has 1 atom stereocenters. The van der Waals surface area contributed by atoms with Crippen LogP contribution in [0, 0.1) is 13.8 Å². The Hall–Kier alpha value is -3.47. The normalized spacial score (nSPS) is 16.3. The number of hydrogen-bond donors (Lipinski definition) is 1. The Labute approximate surface area is 212 Å². The van der Waals surface area contributed by atoms with Crippen LogP contribution in [0.15, 0.2) is 60.7 Å². The fourth-order valence-corrected chi connectivity index (χ4v) is 5.13. The molecular formula is C26H20F6N2O2S. The first-order valence-corrected chi connectivity index (χ1v) is 12.0. The van der Waals surface area contributed by atoms with Crippen LogP contribution in [0.4, 0.5) is 37.7 Å². The Bertz CT molecular complexity index is 1340. The molecule has 4 rings (SSSR count). The van der Waals surface area contributed by atoms with Gasteiger partial charge in [0.05, 0.1) is 16.9 Å². The molecule has 1 saturated heterocycles. The van der Waals surface area contributed by atoms with Crippen LogP contribution in [0.5, 0.6) is 0 Å². The number of thioether (sulfide) groups is 1. The monoisotopic (exact) mass is 538 g/mol. The van der Waals surface area contributed by atoms with Gasteiger partial charge in [0.1, 0.15) is 5.37 Å². The summed E-state index contributed by atoms with van der Waals surface area (Å²) in [4.78, 5) is 27.1. The van der Waals surface area contributed by atoms with Crippen molar-refractivity contribution in [3.63, 3.8) is 0 Å². The highest BCUT2D eigenvalue weighted by molar-refractivity contribution is 8.00. The fourth-order valence-electron chi connectivity index (χ4n) is 3.97. The van der Waals surface area contributed by atoms with Gasteiger partial charge < -0.3 is 5.32 Å². The minimum Gasteiger partial charge on any atom is -0.322 e. The Kier molecular flexibility index (Phi) is 7.02. The number of carbonyl (C=O) groups is 2. The molecule has 0 saturated carbocycles. The van der Waals surface area contributed by atoms with E-state index in [0.717, 1.165) is 16.8 Å². The van der Waals surface area contributed by atoms with Crippen molar-refractivity contribution in [2.45, 2.75) is 31.6 Å². The van der Waals surface area contributed by atoms with Gasteiger partial charge in [0.25, 0.3) is 5.91 Å². The highest BCUT2D eigenvalue weighted by atomic mass is 32.2. The van der Waals surface area contributed by atoms with Gasteiger partial charge in [-0.25, -0.2) is 0 Å². The molecule has 1 N–H and O–H groups in total. The van der Waals surface area contributed by atoms with E-state index in [9.17, 15) is 35.9 Å². The summed E-state index contributed by atoms with van der Waals surface area (Å²) in [5, 5.41) is 1.94. The fraction of sp³-hybridized carbons (Fsp3) is 0.231. The number of hydrogen-bond acceptors (Lipinski definition) is 3. The third kappa shape index (κ3) is 5.76. The molecule has 0 aromatic heterocycles. The lowest BCUT2D eigenvalue weighted by atomic mass is 10.0. The molecule has 3 aromatic rings. The lowest BCUT2D eigenvalue weighted by Gasteiger charge is -2.26. The van der Waals surface area contributed by atoms with Crippen LogP contribution < -0.4 is 10.2 Å². The van der Waals surface area contributed by atoms with Gasteiger partial charge in [0.15, 0.2) is 0 Å². The standard InChI is InChI=1S/C26H20F6N2O2S/c1-14-6-7-15(2)21(8-14)34-22(35)13-37-24(34)16-4-3-5-20(11-16)33-23(36)17-9-18(25(27,28)29)12-19(10-17)26(30,31)32/h3-12,24H,13H2,1-2H3,(H,33,36). The predicted octanol–water partition coefficient (Wildman–Crippen LogP) is 7.37. The number of benzene rings is 3. The van der Waals surface area contributed by atoms with Crippen molar-refractivity contribution in [1.82, 2.24) is 0 Å². The van der Waals surface area contributed by atoms with Gasteiger partial charge in [-0.15, -0.1) is 11.8 Å². The van der Waals surface area contributed by atoms with Crippen molar-refractivity contribution in [2.75, 3.05) is 16.0 Å². The molecule has 1 aliphatic rings. The molecule has 1 unspecified atom stereocenters. The quantitative estimate of drug-likeness (QED) is 0.353. The summed E-state index contributed by atoms with van der Waals surface area (Å²) >= 11 is 1.37. The molecule has 37 heavy (non-hydrogen) atoms. The van der Waals surface area contributed by atoms with Crippen LogP contribution in [0.1, 0.15) is 43.5 Å². The van der Waals surface area contributed by atoms with Crippen molar-refractivity contribution >= 4 is 35.0 Å². The summed E-state index contributed by atoms with van der Waals surface area (Å²) in [7, 11) is 0. The molecule has 11 heteroatoms. The van der Waals surface area contributed by atoms with Gasteiger partial charge in [0.2, 0.25) is 5.91 Å². The average molecular weight is 539 g/mol. The van der Waals surface area contributed by atoms with Gasteiger partial charge >= 0.3 is 12.4 Å². The van der Waals surface area contributed by atoms with Crippen LogP contribution in [0.2, 0.25) is 0 Å². The van der Waals surface area contributed by atoms with E-state index in [2.05, 4.69) is 5.32 Å². The third-order valence-electron chi connectivity index (χ3n) is 5.77. The van der Waals surface area contributed by atoms with E-state index in [-0.39, 0.29) is 23.4 Å². The summed E-state index contributed by atoms with van der Waals surface area (Å²) < 4.78 is 79.1. The molecule has 4 nitrogen and oxygen atoms in total. The second kappa shape index (κ2) is 9.77. The van der Waals surface area contributed by atoms with Crippen LogP contribution in [-0.4, -0.2) is 17.6 Å². The third-order valence-corrected chi connectivity index (χ3v) is 6.98. The summed E-state index contributed by atoms with van der Waals surface area (Å²) in [5.41, 5.74) is -0.556. The number of aryl methyl sites for hydroxylation is 2. The number of halogens is 6. The van der Waals surface area contributed by atoms with Gasteiger partial charge in [-0.1, -0.05) is 24.3 Å². The topological polar surface area (TPSA) is 49.4 Å². The molecule has 0 spiro atoms. The highest BCUT2D eigenvalue weighted by Crippen LogP contribution is 2.43. The van der Waals surface area contributed by atoms with E-state index in [1.54, 1.807) is 23.1 Å². The zero-order chi connectivity index (χ0) is 27.1. The largest absolute Gasteiger partial charge is 0.416 e. The SMILES string of the molecule is Cc1ccc(C)c(N2C(=O)CSC2c2cccc(NC(=O)c3cc(C(F)(F)F)cc(C(F)(F)F)c3)c2)c1. The lowest BCUT2D eigenvalue weighted by molar-refractivity contribution is -0.143. The number of amides is 2. The minimum absolute atomic E-state index is 0.0341. The van der Waals surface area contributed by atoms with E-state index in [0.29, 0.717) is 17.7 Å². The molecule has 0 aliphatic carbocycles. The molecular weight excluding hydrogens is 518 g/mol. The van der Waals surface area contributed by atoms with Crippen molar-refractivity contribution < 1.29 is 35.9 Å². The maximum atomic E-state index is 13.2. The zero-order valence-electron chi connectivity index (χ0n) is 19.5. The average Bonchev–Trinajstić information content (AvgIpc) is 3.20. The predicted molar refractivity (Wildman–Crippen MR) is 129 cm³/mol. The second-order valence-corrected chi connectivity index (χ2v) is 9.66. The van der Waals surface area contributed by atoms with E-state index < -0.39 is 40.3 Å². The molecule has 2 amide bonds. The van der Waals surface area contributed by atoms with Crippen molar-refractivity contribution in [3.8, 4) is 0 Å². The summed E-state index contributed by atoms with van der Waals surface area (Å²) in [6.07, 6.45) is -10.1. The van der Waals surface area contributed by atoms with Gasteiger partial charge in [-0.2, -0.15) is 26.3 Å². The van der Waals surface area contributed by atoms with Crippen LogP contribution in [-0.2, 0) is 17.1 Å². The molecule has 0 radical (unpaired) electrons. The Morgan fingerprint density at radius 3 is 2.19 bits per heavy atom. The summed E-state index contributed by atoms with van der Waals surface area (Å²) in [5.74, 6) is -1.02. The summed E-state index contributed by atoms with van der Waals surface area (Å²) in [6.45, 7) is 3.78. The molecule has 1 aliphatic heterocycles. The first-order chi connectivity index (χ1) is 17.2. The number of carbonyl (C=O) groups excluding carboxylic acids is 2. The van der Waals surface area contributed by atoms with Gasteiger partial charge in [-0.3, -0.25) is 14.5 Å². The number of nitrogens with one attached hydrogen (secondary N) is 1. The Balaban J connectivity index is 1.64. The molecule has 0 bridgehead atoms. The van der Waals surface area contributed by atoms with Crippen molar-refractivity contribution in [2.24, 2.45) is 0 Å². The van der Waals surface area contributed by atoms with Crippen molar-refractivity contribution in [3.05, 3.63) is 94.0 Å². The minimum atomic E-state index is -5.07. The number of alkyl halides is 6. The van der Waals surface area contributed by atoms with E-state index >= 15 is 0 Å². The second-order valence-electron chi connectivity index (χ2n) is 8.59. The maximum Gasteiger partial charge on any atom is 0.416 e. The molecule has 1 heterocycles. The first kappa shape index (κ1) is 26.6.